The van der Waals surface area contributed by atoms with Crippen LogP contribution in [0.5, 0.6) is 0 Å². The molecule has 140 valence electrons. The molecule has 0 saturated heterocycles. The first-order valence-corrected chi connectivity index (χ1v) is 10.0. The van der Waals surface area contributed by atoms with Crippen LogP contribution in [0.1, 0.15) is 26.3 Å². The van der Waals surface area contributed by atoms with Crippen molar-refractivity contribution >= 4 is 34.1 Å². The Bertz CT molecular complexity index is 1160. The molecule has 4 aromatic rings. The molecule has 0 N–H and O–H groups in total. The van der Waals surface area contributed by atoms with Gasteiger partial charge in [0.25, 0.3) is 0 Å². The summed E-state index contributed by atoms with van der Waals surface area (Å²) in [6, 6.07) is 24.4. The highest BCUT2D eigenvalue weighted by Crippen LogP contribution is 2.37. The van der Waals surface area contributed by atoms with E-state index >= 15 is 0 Å². The van der Waals surface area contributed by atoms with E-state index in [2.05, 4.69) is 51.1 Å². The van der Waals surface area contributed by atoms with Crippen molar-refractivity contribution in [1.29, 1.82) is 0 Å². The summed E-state index contributed by atoms with van der Waals surface area (Å²) >= 11 is 12.8. The molecule has 0 spiro atoms. The van der Waals surface area contributed by atoms with Crippen molar-refractivity contribution in [3.05, 3.63) is 88.4 Å². The Labute approximate surface area is 176 Å². The highest BCUT2D eigenvalue weighted by atomic mass is 35.5. The number of hydrogen-bond donors (Lipinski definition) is 0. The van der Waals surface area contributed by atoms with Gasteiger partial charge in [0.1, 0.15) is 0 Å². The van der Waals surface area contributed by atoms with Crippen molar-refractivity contribution in [3.8, 4) is 22.4 Å². The second-order valence-electron chi connectivity index (χ2n) is 8.02. The number of rotatable bonds is 2. The van der Waals surface area contributed by atoms with Crippen LogP contribution < -0.4 is 0 Å². The fourth-order valence-corrected chi connectivity index (χ4v) is 3.80. The lowest BCUT2D eigenvalue weighted by Crippen LogP contribution is -2.10. The maximum atomic E-state index is 6.51. The Morgan fingerprint density at radius 1 is 0.750 bits per heavy atom. The lowest BCUT2D eigenvalue weighted by Gasteiger charge is -2.19. The normalized spacial score (nSPS) is 11.8. The molecule has 1 heterocycles. The van der Waals surface area contributed by atoms with E-state index in [4.69, 9.17) is 28.2 Å². The summed E-state index contributed by atoms with van der Waals surface area (Å²) in [5, 5.41) is 2.39. The Hall–Kier alpha value is -2.35. The summed E-state index contributed by atoms with van der Waals surface area (Å²) < 4.78 is 0. The van der Waals surface area contributed by atoms with Crippen LogP contribution in [0.15, 0.2) is 72.8 Å². The van der Waals surface area contributed by atoms with Gasteiger partial charge in [-0.25, -0.2) is 4.98 Å². The average molecular weight is 406 g/mol. The molecule has 3 heteroatoms. The molecular formula is C25H21Cl2N. The second kappa shape index (κ2) is 7.24. The van der Waals surface area contributed by atoms with Crippen LogP contribution in [0.25, 0.3) is 33.3 Å². The summed E-state index contributed by atoms with van der Waals surface area (Å²) in [6.07, 6.45) is 0. The molecule has 0 aliphatic carbocycles. The third kappa shape index (κ3) is 3.65. The number of hydrogen-bond acceptors (Lipinski definition) is 1. The van der Waals surface area contributed by atoms with Gasteiger partial charge in [-0.15, -0.1) is 0 Å². The molecule has 1 aromatic heterocycles. The monoisotopic (exact) mass is 405 g/mol. The van der Waals surface area contributed by atoms with Crippen LogP contribution in [0.4, 0.5) is 0 Å². The van der Waals surface area contributed by atoms with E-state index < -0.39 is 0 Å². The van der Waals surface area contributed by atoms with Gasteiger partial charge in [0.2, 0.25) is 0 Å². The first kappa shape index (κ1) is 19.0. The van der Waals surface area contributed by atoms with E-state index in [1.165, 1.54) is 5.56 Å². The van der Waals surface area contributed by atoms with Gasteiger partial charge in [0, 0.05) is 26.6 Å². The molecule has 28 heavy (non-hydrogen) atoms. The van der Waals surface area contributed by atoms with E-state index in [9.17, 15) is 0 Å². The molecule has 0 aliphatic heterocycles. The molecule has 0 amide bonds. The number of halogens is 2. The molecule has 4 rings (SSSR count). The molecular weight excluding hydrogens is 385 g/mol. The number of aromatic nitrogens is 1. The Morgan fingerprint density at radius 3 is 2.14 bits per heavy atom. The van der Waals surface area contributed by atoms with Gasteiger partial charge in [-0.2, -0.15) is 0 Å². The van der Waals surface area contributed by atoms with Crippen molar-refractivity contribution in [2.45, 2.75) is 26.2 Å². The fraction of sp³-hybridized carbons (Fsp3) is 0.160. The quantitative estimate of drug-likeness (QED) is 0.327. The van der Waals surface area contributed by atoms with Gasteiger partial charge in [0.15, 0.2) is 0 Å². The van der Waals surface area contributed by atoms with Crippen molar-refractivity contribution in [2.24, 2.45) is 0 Å². The van der Waals surface area contributed by atoms with E-state index in [0.29, 0.717) is 10.0 Å². The first-order valence-electron chi connectivity index (χ1n) is 9.29. The van der Waals surface area contributed by atoms with Gasteiger partial charge in [-0.1, -0.05) is 86.4 Å². The standard InChI is InChI=1S/C25H21Cl2N/c1-25(2,3)17-10-8-16(9-11-17)24-15-20(19-6-4-5-7-22(19)27)21-14-18(26)12-13-23(21)28-24/h4-15H,1-3H3. The van der Waals surface area contributed by atoms with Crippen molar-refractivity contribution in [1.82, 2.24) is 4.98 Å². The van der Waals surface area contributed by atoms with E-state index in [-0.39, 0.29) is 5.41 Å². The SMILES string of the molecule is CC(C)(C)c1ccc(-c2cc(-c3ccccc3Cl)c3cc(Cl)ccc3n2)cc1. The number of benzene rings is 3. The molecule has 0 unspecified atom stereocenters. The number of fused-ring (bicyclic) bond motifs is 1. The van der Waals surface area contributed by atoms with E-state index in [0.717, 1.165) is 33.3 Å². The van der Waals surface area contributed by atoms with Crippen molar-refractivity contribution in [2.75, 3.05) is 0 Å². The molecule has 0 fully saturated rings. The summed E-state index contributed by atoms with van der Waals surface area (Å²) in [6.45, 7) is 6.65. The summed E-state index contributed by atoms with van der Waals surface area (Å²) in [5.41, 5.74) is 6.34. The maximum Gasteiger partial charge on any atom is 0.0716 e. The third-order valence-corrected chi connectivity index (χ3v) is 5.55. The summed E-state index contributed by atoms with van der Waals surface area (Å²) in [5.74, 6) is 0. The highest BCUT2D eigenvalue weighted by Gasteiger charge is 2.15. The predicted molar refractivity (Wildman–Crippen MR) is 121 cm³/mol. The molecule has 0 atom stereocenters. The zero-order valence-corrected chi connectivity index (χ0v) is 17.6. The van der Waals surface area contributed by atoms with Crippen LogP contribution in [0, 0.1) is 0 Å². The molecule has 0 aliphatic rings. The smallest absolute Gasteiger partial charge is 0.0716 e. The van der Waals surface area contributed by atoms with Crippen molar-refractivity contribution in [3.63, 3.8) is 0 Å². The van der Waals surface area contributed by atoms with Gasteiger partial charge in [-0.3, -0.25) is 0 Å². The van der Waals surface area contributed by atoms with Crippen LogP contribution in [-0.2, 0) is 5.41 Å². The van der Waals surface area contributed by atoms with E-state index in [1.54, 1.807) is 0 Å². The minimum absolute atomic E-state index is 0.120. The van der Waals surface area contributed by atoms with Crippen LogP contribution in [-0.4, -0.2) is 4.98 Å². The zero-order chi connectivity index (χ0) is 19.9. The minimum Gasteiger partial charge on any atom is -0.248 e. The Kier molecular flexibility index (Phi) is 4.91. The lowest BCUT2D eigenvalue weighted by atomic mass is 9.86. The van der Waals surface area contributed by atoms with Crippen LogP contribution in [0.2, 0.25) is 10.0 Å². The van der Waals surface area contributed by atoms with E-state index in [1.807, 2.05) is 42.5 Å². The van der Waals surface area contributed by atoms with Gasteiger partial charge in [-0.05, 0) is 46.9 Å². The maximum absolute atomic E-state index is 6.51. The van der Waals surface area contributed by atoms with Gasteiger partial charge < -0.3 is 0 Å². The van der Waals surface area contributed by atoms with Gasteiger partial charge in [0.05, 0.1) is 11.2 Å². The predicted octanol–water partition coefficient (Wildman–Crippen LogP) is 8.17. The van der Waals surface area contributed by atoms with Crippen molar-refractivity contribution < 1.29 is 0 Å². The topological polar surface area (TPSA) is 12.9 Å². The number of nitrogens with zero attached hydrogens (tertiary/aromatic N) is 1. The third-order valence-electron chi connectivity index (χ3n) is 4.98. The second-order valence-corrected chi connectivity index (χ2v) is 8.87. The highest BCUT2D eigenvalue weighted by molar-refractivity contribution is 6.34. The Balaban J connectivity index is 1.94. The molecule has 0 radical (unpaired) electrons. The minimum atomic E-state index is 0.120. The van der Waals surface area contributed by atoms with Crippen LogP contribution in [0.3, 0.4) is 0 Å². The van der Waals surface area contributed by atoms with Crippen LogP contribution >= 0.6 is 23.2 Å². The first-order chi connectivity index (χ1) is 13.3. The summed E-state index contributed by atoms with van der Waals surface area (Å²) in [4.78, 5) is 4.89. The molecule has 0 bridgehead atoms. The van der Waals surface area contributed by atoms with Gasteiger partial charge >= 0.3 is 0 Å². The molecule has 3 aromatic carbocycles. The molecule has 0 saturated carbocycles. The zero-order valence-electron chi connectivity index (χ0n) is 16.1. The largest absolute Gasteiger partial charge is 0.248 e. The fourth-order valence-electron chi connectivity index (χ4n) is 3.39. The lowest BCUT2D eigenvalue weighted by molar-refractivity contribution is 0.590. The molecule has 1 nitrogen and oxygen atoms in total. The average Bonchev–Trinajstić information content (AvgIpc) is 2.67. The summed E-state index contributed by atoms with van der Waals surface area (Å²) in [7, 11) is 0. The Morgan fingerprint density at radius 2 is 1.46 bits per heavy atom. The number of pyridine rings is 1.